The fourth-order valence-corrected chi connectivity index (χ4v) is 3.87. The second-order valence-electron chi connectivity index (χ2n) is 7.28. The quantitative estimate of drug-likeness (QED) is 0.817. The number of carbonyl (C=O) groups is 1. The van der Waals surface area contributed by atoms with Gasteiger partial charge in [-0.15, -0.1) is 0 Å². The Kier molecular flexibility index (Phi) is 6.26. The maximum absolute atomic E-state index is 12.2. The van der Waals surface area contributed by atoms with Crippen molar-refractivity contribution in [1.82, 2.24) is 20.5 Å². The summed E-state index contributed by atoms with van der Waals surface area (Å²) in [6.45, 7) is 6.67. The van der Waals surface area contributed by atoms with Gasteiger partial charge in [-0.25, -0.2) is 0 Å². The number of aromatic nitrogens is 1. The van der Waals surface area contributed by atoms with Gasteiger partial charge in [-0.3, -0.25) is 14.7 Å². The summed E-state index contributed by atoms with van der Waals surface area (Å²) < 4.78 is 5.35. The maximum atomic E-state index is 12.2. The Morgan fingerprint density at radius 2 is 2.28 bits per heavy atom. The molecule has 1 aromatic rings. The fraction of sp³-hybridized carbons (Fsp3) is 0.684. The molecule has 6 heteroatoms. The molecule has 2 saturated heterocycles. The Morgan fingerprint density at radius 3 is 3.04 bits per heavy atom. The molecule has 3 heterocycles. The molecule has 138 valence electrons. The third-order valence-corrected chi connectivity index (χ3v) is 5.15. The molecule has 0 aromatic carbocycles. The van der Waals surface area contributed by atoms with E-state index in [0.717, 1.165) is 62.7 Å². The van der Waals surface area contributed by atoms with Gasteiger partial charge in [0.15, 0.2) is 0 Å². The van der Waals surface area contributed by atoms with E-state index in [1.165, 1.54) is 12.8 Å². The van der Waals surface area contributed by atoms with Gasteiger partial charge in [0, 0.05) is 37.5 Å². The number of ether oxygens (including phenoxy) is 1. The first-order valence-corrected chi connectivity index (χ1v) is 9.39. The number of pyridine rings is 1. The average molecular weight is 346 g/mol. The molecule has 0 saturated carbocycles. The number of rotatable bonds is 6. The van der Waals surface area contributed by atoms with Gasteiger partial charge in [-0.1, -0.05) is 0 Å². The molecule has 2 aliphatic heterocycles. The molecule has 0 radical (unpaired) electrons. The highest BCUT2D eigenvalue weighted by molar-refractivity contribution is 5.81. The topological polar surface area (TPSA) is 66.5 Å². The van der Waals surface area contributed by atoms with Gasteiger partial charge in [-0.2, -0.15) is 0 Å². The van der Waals surface area contributed by atoms with Crippen LogP contribution in [-0.2, 0) is 11.3 Å². The van der Waals surface area contributed by atoms with Crippen molar-refractivity contribution in [3.8, 4) is 5.75 Å². The molecule has 0 aliphatic carbocycles. The van der Waals surface area contributed by atoms with Crippen molar-refractivity contribution in [2.24, 2.45) is 5.92 Å². The van der Waals surface area contributed by atoms with Crippen molar-refractivity contribution in [1.29, 1.82) is 0 Å². The number of amides is 1. The summed E-state index contributed by atoms with van der Waals surface area (Å²) in [4.78, 5) is 19.2. The van der Waals surface area contributed by atoms with E-state index in [1.807, 2.05) is 19.1 Å². The molecule has 1 amide bonds. The van der Waals surface area contributed by atoms with Crippen LogP contribution in [0.3, 0.4) is 0 Å². The van der Waals surface area contributed by atoms with Crippen LogP contribution in [-0.4, -0.2) is 55.1 Å². The minimum atomic E-state index is 0.0173. The minimum absolute atomic E-state index is 0.0173. The third kappa shape index (κ3) is 5.16. The summed E-state index contributed by atoms with van der Waals surface area (Å²) in [6, 6.07) is 3.99. The third-order valence-electron chi connectivity index (χ3n) is 5.15. The van der Waals surface area contributed by atoms with Gasteiger partial charge < -0.3 is 15.4 Å². The molecule has 0 spiro atoms. The summed E-state index contributed by atoms with van der Waals surface area (Å²) in [5, 5.41) is 6.40. The lowest BCUT2D eigenvalue weighted by Crippen LogP contribution is -2.45. The van der Waals surface area contributed by atoms with E-state index < -0.39 is 0 Å². The average Bonchev–Trinajstić information content (AvgIpc) is 3.14. The highest BCUT2D eigenvalue weighted by atomic mass is 16.5. The van der Waals surface area contributed by atoms with E-state index in [0.29, 0.717) is 5.92 Å². The Bertz CT molecular complexity index is 587. The minimum Gasteiger partial charge on any atom is -0.497 e. The SMILES string of the molecule is COc1cc(C)nc(CN2CCCC(CNC(=O)C3CCCN3)C2)c1. The monoisotopic (exact) mass is 346 g/mol. The zero-order valence-corrected chi connectivity index (χ0v) is 15.4. The summed E-state index contributed by atoms with van der Waals surface area (Å²) in [7, 11) is 1.69. The number of piperidine rings is 1. The Morgan fingerprint density at radius 1 is 1.40 bits per heavy atom. The molecule has 2 fully saturated rings. The molecular weight excluding hydrogens is 316 g/mol. The van der Waals surface area contributed by atoms with Crippen molar-refractivity contribution in [2.75, 3.05) is 33.3 Å². The maximum Gasteiger partial charge on any atom is 0.237 e. The van der Waals surface area contributed by atoms with Crippen LogP contribution in [0.1, 0.15) is 37.1 Å². The van der Waals surface area contributed by atoms with Gasteiger partial charge in [0.25, 0.3) is 0 Å². The molecule has 1 aromatic heterocycles. The first kappa shape index (κ1) is 18.1. The fourth-order valence-electron chi connectivity index (χ4n) is 3.87. The number of hydrogen-bond donors (Lipinski definition) is 2. The number of nitrogens with one attached hydrogen (secondary N) is 2. The van der Waals surface area contributed by atoms with Crippen LogP contribution in [0.2, 0.25) is 0 Å². The number of aryl methyl sites for hydroxylation is 1. The van der Waals surface area contributed by atoms with Crippen molar-refractivity contribution >= 4 is 5.91 Å². The number of methoxy groups -OCH3 is 1. The van der Waals surface area contributed by atoms with Crippen LogP contribution in [0.4, 0.5) is 0 Å². The lowest BCUT2D eigenvalue weighted by Gasteiger charge is -2.32. The van der Waals surface area contributed by atoms with E-state index in [4.69, 9.17) is 4.74 Å². The van der Waals surface area contributed by atoms with Crippen molar-refractivity contribution in [2.45, 2.75) is 45.2 Å². The summed E-state index contributed by atoms with van der Waals surface area (Å²) in [6.07, 6.45) is 4.41. The summed E-state index contributed by atoms with van der Waals surface area (Å²) in [5.41, 5.74) is 2.04. The van der Waals surface area contributed by atoms with Crippen molar-refractivity contribution in [3.05, 3.63) is 23.5 Å². The van der Waals surface area contributed by atoms with E-state index in [-0.39, 0.29) is 11.9 Å². The largest absolute Gasteiger partial charge is 0.497 e. The molecule has 0 bridgehead atoms. The molecule has 2 atom stereocenters. The van der Waals surface area contributed by atoms with Crippen molar-refractivity contribution < 1.29 is 9.53 Å². The molecule has 25 heavy (non-hydrogen) atoms. The Balaban J connectivity index is 1.49. The van der Waals surface area contributed by atoms with Crippen molar-refractivity contribution in [3.63, 3.8) is 0 Å². The predicted molar refractivity (Wildman–Crippen MR) is 97.6 cm³/mol. The second-order valence-corrected chi connectivity index (χ2v) is 7.28. The van der Waals surface area contributed by atoms with Gasteiger partial charge in [0.1, 0.15) is 5.75 Å². The van der Waals surface area contributed by atoms with Gasteiger partial charge in [0.2, 0.25) is 5.91 Å². The number of hydrogen-bond acceptors (Lipinski definition) is 5. The predicted octanol–water partition coefficient (Wildman–Crippen LogP) is 1.48. The van der Waals surface area contributed by atoms with E-state index >= 15 is 0 Å². The Labute approximate surface area is 150 Å². The van der Waals surface area contributed by atoms with Crippen LogP contribution in [0.5, 0.6) is 5.75 Å². The molecule has 2 aliphatic rings. The highest BCUT2D eigenvalue weighted by Crippen LogP contribution is 2.20. The lowest BCUT2D eigenvalue weighted by molar-refractivity contribution is -0.123. The molecule has 6 nitrogen and oxygen atoms in total. The zero-order valence-electron chi connectivity index (χ0n) is 15.4. The molecular formula is C19H30N4O2. The summed E-state index contributed by atoms with van der Waals surface area (Å²) in [5.74, 6) is 1.55. The van der Waals surface area contributed by atoms with Crippen LogP contribution >= 0.6 is 0 Å². The van der Waals surface area contributed by atoms with Crippen LogP contribution in [0, 0.1) is 12.8 Å². The second kappa shape index (κ2) is 8.63. The highest BCUT2D eigenvalue weighted by Gasteiger charge is 2.24. The lowest BCUT2D eigenvalue weighted by atomic mass is 9.97. The normalized spacial score (nSPS) is 24.2. The standard InChI is InChI=1S/C19H30N4O2/c1-14-9-17(25-2)10-16(22-14)13-23-8-4-5-15(12-23)11-21-19(24)18-6-3-7-20-18/h9-10,15,18,20H,3-8,11-13H2,1-2H3,(H,21,24). The number of nitrogens with zero attached hydrogens (tertiary/aromatic N) is 2. The number of likely N-dealkylation sites (tertiary alicyclic amines) is 1. The van der Waals surface area contributed by atoms with Gasteiger partial charge >= 0.3 is 0 Å². The smallest absolute Gasteiger partial charge is 0.237 e. The van der Waals surface area contributed by atoms with E-state index in [1.54, 1.807) is 7.11 Å². The van der Waals surface area contributed by atoms with Crippen LogP contribution in [0.15, 0.2) is 12.1 Å². The first-order chi connectivity index (χ1) is 12.1. The van der Waals surface area contributed by atoms with Gasteiger partial charge in [-0.05, 0) is 51.6 Å². The van der Waals surface area contributed by atoms with E-state index in [2.05, 4.69) is 20.5 Å². The molecule has 3 rings (SSSR count). The van der Waals surface area contributed by atoms with Crippen LogP contribution in [0.25, 0.3) is 0 Å². The molecule has 2 N–H and O–H groups in total. The molecule has 2 unspecified atom stereocenters. The zero-order chi connectivity index (χ0) is 17.6. The first-order valence-electron chi connectivity index (χ1n) is 9.39. The van der Waals surface area contributed by atoms with E-state index in [9.17, 15) is 4.79 Å². The summed E-state index contributed by atoms with van der Waals surface area (Å²) >= 11 is 0. The number of carbonyl (C=O) groups excluding carboxylic acids is 1. The van der Waals surface area contributed by atoms with Crippen LogP contribution < -0.4 is 15.4 Å². The van der Waals surface area contributed by atoms with Gasteiger partial charge in [0.05, 0.1) is 18.8 Å². The Hall–Kier alpha value is -1.66.